The van der Waals surface area contributed by atoms with E-state index in [2.05, 4.69) is 17.0 Å². The van der Waals surface area contributed by atoms with E-state index in [0.717, 1.165) is 24.2 Å². The third kappa shape index (κ3) is 2.01. The summed E-state index contributed by atoms with van der Waals surface area (Å²) in [5.74, 6) is 0. The highest BCUT2D eigenvalue weighted by Crippen LogP contribution is 2.47. The zero-order valence-corrected chi connectivity index (χ0v) is 12.1. The van der Waals surface area contributed by atoms with Gasteiger partial charge in [0.25, 0.3) is 5.69 Å². The standard InChI is InChI=1S/C17H16N2O3/c20-19(21)12-5-6-14-13-3-1-2-4-15(13)17(16(14)11-12)18-7-9-22-10-8-18/h1-6,11,17H,7-10H2/t17-/m1/s1. The first-order valence-corrected chi connectivity index (χ1v) is 7.45. The molecule has 22 heavy (non-hydrogen) atoms. The Hall–Kier alpha value is -2.24. The van der Waals surface area contributed by atoms with E-state index in [1.54, 1.807) is 12.1 Å². The van der Waals surface area contributed by atoms with E-state index in [9.17, 15) is 10.1 Å². The summed E-state index contributed by atoms with van der Waals surface area (Å²) in [7, 11) is 0. The lowest BCUT2D eigenvalue weighted by molar-refractivity contribution is -0.384. The zero-order chi connectivity index (χ0) is 15.1. The molecular weight excluding hydrogens is 280 g/mol. The number of nitro benzene ring substituents is 1. The highest BCUT2D eigenvalue weighted by molar-refractivity contribution is 5.79. The molecule has 0 saturated carbocycles. The van der Waals surface area contributed by atoms with Gasteiger partial charge >= 0.3 is 0 Å². The predicted octanol–water partition coefficient (Wildman–Crippen LogP) is 3.00. The van der Waals surface area contributed by atoms with Gasteiger partial charge in [-0.1, -0.05) is 24.3 Å². The molecule has 1 atom stereocenters. The van der Waals surface area contributed by atoms with Crippen molar-refractivity contribution < 1.29 is 9.66 Å². The summed E-state index contributed by atoms with van der Waals surface area (Å²) in [5.41, 5.74) is 4.73. The average molecular weight is 296 g/mol. The lowest BCUT2D eigenvalue weighted by Gasteiger charge is -2.33. The summed E-state index contributed by atoms with van der Waals surface area (Å²) in [6.07, 6.45) is 0. The maximum Gasteiger partial charge on any atom is 0.269 e. The number of hydrogen-bond donors (Lipinski definition) is 0. The Morgan fingerprint density at radius 1 is 1.05 bits per heavy atom. The van der Waals surface area contributed by atoms with Crippen LogP contribution in [0.15, 0.2) is 42.5 Å². The van der Waals surface area contributed by atoms with Crippen LogP contribution in [0.25, 0.3) is 11.1 Å². The van der Waals surface area contributed by atoms with Crippen LogP contribution in [0.3, 0.4) is 0 Å². The molecule has 0 amide bonds. The molecule has 0 radical (unpaired) electrons. The Morgan fingerprint density at radius 3 is 2.55 bits per heavy atom. The Bertz CT molecular complexity index is 738. The number of nitrogens with zero attached hydrogens (tertiary/aromatic N) is 2. The van der Waals surface area contributed by atoms with Crippen LogP contribution in [0.2, 0.25) is 0 Å². The highest BCUT2D eigenvalue weighted by Gasteiger charge is 2.34. The van der Waals surface area contributed by atoms with Crippen molar-refractivity contribution in [1.82, 2.24) is 4.90 Å². The fourth-order valence-electron chi connectivity index (χ4n) is 3.51. The van der Waals surface area contributed by atoms with Crippen LogP contribution in [-0.4, -0.2) is 36.1 Å². The molecule has 0 N–H and O–H groups in total. The maximum atomic E-state index is 11.1. The minimum Gasteiger partial charge on any atom is -0.379 e. The van der Waals surface area contributed by atoms with Crippen molar-refractivity contribution in [2.45, 2.75) is 6.04 Å². The average Bonchev–Trinajstić information content (AvgIpc) is 2.89. The molecule has 5 heteroatoms. The molecule has 0 bridgehead atoms. The third-order valence-electron chi connectivity index (χ3n) is 4.50. The van der Waals surface area contributed by atoms with E-state index in [0.29, 0.717) is 13.2 Å². The first-order chi connectivity index (χ1) is 10.8. The van der Waals surface area contributed by atoms with Crippen molar-refractivity contribution in [3.63, 3.8) is 0 Å². The number of benzene rings is 2. The topological polar surface area (TPSA) is 55.6 Å². The van der Waals surface area contributed by atoms with Crippen molar-refractivity contribution >= 4 is 5.69 Å². The first kappa shape index (κ1) is 13.4. The number of nitro groups is 1. The van der Waals surface area contributed by atoms with Gasteiger partial charge < -0.3 is 4.74 Å². The number of ether oxygens (including phenoxy) is 1. The van der Waals surface area contributed by atoms with Gasteiger partial charge in [-0.15, -0.1) is 0 Å². The van der Waals surface area contributed by atoms with Crippen LogP contribution >= 0.6 is 0 Å². The molecule has 1 aliphatic carbocycles. The van der Waals surface area contributed by atoms with Gasteiger partial charge in [0.05, 0.1) is 24.2 Å². The Morgan fingerprint density at radius 2 is 1.77 bits per heavy atom. The minimum atomic E-state index is -0.320. The smallest absolute Gasteiger partial charge is 0.269 e. The van der Waals surface area contributed by atoms with Gasteiger partial charge in [-0.05, 0) is 28.3 Å². The van der Waals surface area contributed by atoms with E-state index in [-0.39, 0.29) is 16.7 Å². The molecule has 1 fully saturated rings. The molecule has 0 spiro atoms. The summed E-state index contributed by atoms with van der Waals surface area (Å²) in [6.45, 7) is 3.12. The van der Waals surface area contributed by atoms with Crippen LogP contribution in [0.1, 0.15) is 17.2 Å². The molecular formula is C17H16N2O3. The van der Waals surface area contributed by atoms with Gasteiger partial charge in [0.2, 0.25) is 0 Å². The quantitative estimate of drug-likeness (QED) is 0.631. The zero-order valence-electron chi connectivity index (χ0n) is 12.1. The van der Waals surface area contributed by atoms with E-state index in [4.69, 9.17) is 4.74 Å². The molecule has 1 saturated heterocycles. The van der Waals surface area contributed by atoms with Crippen molar-refractivity contribution in [1.29, 1.82) is 0 Å². The predicted molar refractivity (Wildman–Crippen MR) is 82.8 cm³/mol. The minimum absolute atomic E-state index is 0.0926. The summed E-state index contributed by atoms with van der Waals surface area (Å²) in [5, 5.41) is 11.1. The summed E-state index contributed by atoms with van der Waals surface area (Å²) in [4.78, 5) is 13.2. The Balaban J connectivity index is 1.87. The van der Waals surface area contributed by atoms with Gasteiger partial charge in [-0.25, -0.2) is 0 Å². The largest absolute Gasteiger partial charge is 0.379 e. The van der Waals surface area contributed by atoms with Crippen LogP contribution < -0.4 is 0 Å². The SMILES string of the molecule is O=[N+]([O-])c1ccc2c(c1)[C@H](N1CCOCC1)c1ccccc1-2. The van der Waals surface area contributed by atoms with E-state index < -0.39 is 0 Å². The van der Waals surface area contributed by atoms with Crippen molar-refractivity contribution in [2.24, 2.45) is 0 Å². The maximum absolute atomic E-state index is 11.1. The molecule has 0 aromatic heterocycles. The second-order valence-electron chi connectivity index (χ2n) is 5.67. The Kier molecular flexibility index (Phi) is 3.17. The van der Waals surface area contributed by atoms with Gasteiger partial charge in [-0.3, -0.25) is 15.0 Å². The van der Waals surface area contributed by atoms with Crippen molar-refractivity contribution in [3.05, 3.63) is 63.7 Å². The van der Waals surface area contributed by atoms with Crippen LogP contribution in [-0.2, 0) is 4.74 Å². The van der Waals surface area contributed by atoms with Gasteiger partial charge in [0.1, 0.15) is 0 Å². The van der Waals surface area contributed by atoms with Crippen molar-refractivity contribution in [2.75, 3.05) is 26.3 Å². The number of morpholine rings is 1. The molecule has 2 aromatic carbocycles. The van der Waals surface area contributed by atoms with Gasteiger partial charge in [0.15, 0.2) is 0 Å². The van der Waals surface area contributed by atoms with E-state index in [1.165, 1.54) is 11.1 Å². The summed E-state index contributed by atoms with van der Waals surface area (Å²) < 4.78 is 5.45. The molecule has 0 unspecified atom stereocenters. The Labute approximate surface area is 128 Å². The summed E-state index contributed by atoms with van der Waals surface area (Å²) >= 11 is 0. The van der Waals surface area contributed by atoms with Gasteiger partial charge in [-0.2, -0.15) is 0 Å². The van der Waals surface area contributed by atoms with Crippen LogP contribution in [0.4, 0.5) is 5.69 Å². The monoisotopic (exact) mass is 296 g/mol. The highest BCUT2D eigenvalue weighted by atomic mass is 16.6. The molecule has 5 nitrogen and oxygen atoms in total. The van der Waals surface area contributed by atoms with E-state index in [1.807, 2.05) is 18.2 Å². The van der Waals surface area contributed by atoms with Crippen LogP contribution in [0, 0.1) is 10.1 Å². The third-order valence-corrected chi connectivity index (χ3v) is 4.50. The molecule has 4 rings (SSSR count). The van der Waals surface area contributed by atoms with E-state index >= 15 is 0 Å². The number of hydrogen-bond acceptors (Lipinski definition) is 4. The molecule has 1 aliphatic heterocycles. The lowest BCUT2D eigenvalue weighted by atomic mass is 10.0. The second-order valence-corrected chi connectivity index (χ2v) is 5.67. The van der Waals surface area contributed by atoms with Gasteiger partial charge in [0, 0.05) is 25.2 Å². The molecule has 2 aromatic rings. The summed E-state index contributed by atoms with van der Waals surface area (Å²) in [6, 6.07) is 13.6. The molecule has 2 aliphatic rings. The fraction of sp³-hybridized carbons (Fsp3) is 0.294. The number of non-ortho nitro benzene ring substituents is 1. The first-order valence-electron chi connectivity index (χ1n) is 7.45. The molecule has 112 valence electrons. The molecule has 1 heterocycles. The fourth-order valence-corrected chi connectivity index (χ4v) is 3.51. The second kappa shape index (κ2) is 5.19. The van der Waals surface area contributed by atoms with Crippen molar-refractivity contribution in [3.8, 4) is 11.1 Å². The normalized spacial score (nSPS) is 20.5. The van der Waals surface area contributed by atoms with Crippen LogP contribution in [0.5, 0.6) is 0 Å². The number of fused-ring (bicyclic) bond motifs is 3. The number of rotatable bonds is 2. The lowest BCUT2D eigenvalue weighted by Crippen LogP contribution is -2.38.